The van der Waals surface area contributed by atoms with Gasteiger partial charge in [0.2, 0.25) is 34.8 Å². The van der Waals surface area contributed by atoms with Gasteiger partial charge in [0.25, 0.3) is 0 Å². The summed E-state index contributed by atoms with van der Waals surface area (Å²) in [6.45, 7) is 3.63. The number of benzene rings is 2. The molecule has 0 N–H and O–H groups in total. The highest BCUT2D eigenvalue weighted by Gasteiger charge is 2.28. The maximum absolute atomic E-state index is 13.6. The van der Waals surface area contributed by atoms with E-state index in [1.165, 1.54) is 24.3 Å². The van der Waals surface area contributed by atoms with E-state index < -0.39 is 40.8 Å². The molecule has 0 atom stereocenters. The third-order valence-corrected chi connectivity index (χ3v) is 3.72. The van der Waals surface area contributed by atoms with Crippen molar-refractivity contribution in [2.45, 2.75) is 13.8 Å². The first kappa shape index (κ1) is 18.6. The molecule has 4 nitrogen and oxygen atoms in total. The third kappa shape index (κ3) is 3.27. The van der Waals surface area contributed by atoms with E-state index in [9.17, 15) is 26.7 Å². The van der Waals surface area contributed by atoms with Gasteiger partial charge < -0.3 is 4.74 Å². The second-order valence-electron chi connectivity index (χ2n) is 5.67. The number of halogens is 5. The average molecular weight is 382 g/mol. The Morgan fingerprint density at radius 2 is 1.41 bits per heavy atom. The number of hydrogen-bond donors (Lipinski definition) is 0. The Morgan fingerprint density at radius 3 is 1.89 bits per heavy atom. The van der Waals surface area contributed by atoms with Crippen LogP contribution in [0.3, 0.4) is 0 Å². The van der Waals surface area contributed by atoms with Crippen molar-refractivity contribution in [2.75, 3.05) is 0 Å². The van der Waals surface area contributed by atoms with E-state index >= 15 is 0 Å². The molecule has 27 heavy (non-hydrogen) atoms. The second-order valence-corrected chi connectivity index (χ2v) is 5.67. The smallest absolute Gasteiger partial charge is 0.343 e. The SMILES string of the molecule is Cc1cc(C)n(-c2ccc(C(=O)Oc3c(F)c(F)c(F)c(F)c3F)cc2)n1. The van der Waals surface area contributed by atoms with Gasteiger partial charge in [0.1, 0.15) is 0 Å². The van der Waals surface area contributed by atoms with Crippen LogP contribution in [0.2, 0.25) is 0 Å². The van der Waals surface area contributed by atoms with E-state index in [-0.39, 0.29) is 5.56 Å². The molecule has 0 bridgehead atoms. The van der Waals surface area contributed by atoms with Gasteiger partial charge in [0, 0.05) is 5.69 Å². The van der Waals surface area contributed by atoms with Crippen LogP contribution in [0.1, 0.15) is 21.7 Å². The minimum Gasteiger partial charge on any atom is -0.416 e. The van der Waals surface area contributed by atoms with E-state index in [1.807, 2.05) is 13.0 Å². The van der Waals surface area contributed by atoms with E-state index in [4.69, 9.17) is 0 Å². The molecule has 0 aliphatic rings. The van der Waals surface area contributed by atoms with E-state index in [0.717, 1.165) is 11.4 Å². The Labute approximate surface area is 149 Å². The van der Waals surface area contributed by atoms with Crippen LogP contribution in [0.15, 0.2) is 30.3 Å². The molecule has 0 fully saturated rings. The number of aromatic nitrogens is 2. The predicted molar refractivity (Wildman–Crippen MR) is 84.2 cm³/mol. The van der Waals surface area contributed by atoms with Crippen LogP contribution in [0.4, 0.5) is 22.0 Å². The predicted octanol–water partition coefficient (Wildman–Crippen LogP) is 4.40. The van der Waals surface area contributed by atoms with Gasteiger partial charge in [-0.15, -0.1) is 0 Å². The minimum absolute atomic E-state index is 0.149. The van der Waals surface area contributed by atoms with E-state index in [0.29, 0.717) is 5.69 Å². The first-order chi connectivity index (χ1) is 12.7. The van der Waals surface area contributed by atoms with Gasteiger partial charge in [-0.3, -0.25) is 0 Å². The van der Waals surface area contributed by atoms with Crippen molar-refractivity contribution in [3.05, 3.63) is 76.4 Å². The fraction of sp³-hybridized carbons (Fsp3) is 0.111. The molecular weight excluding hydrogens is 371 g/mol. The van der Waals surface area contributed by atoms with Crippen molar-refractivity contribution in [2.24, 2.45) is 0 Å². The van der Waals surface area contributed by atoms with Crippen molar-refractivity contribution < 1.29 is 31.5 Å². The molecule has 2 aromatic carbocycles. The summed E-state index contributed by atoms with van der Waals surface area (Å²) in [6.07, 6.45) is 0. The maximum Gasteiger partial charge on any atom is 0.343 e. The van der Waals surface area contributed by atoms with Crippen molar-refractivity contribution in [3.8, 4) is 11.4 Å². The van der Waals surface area contributed by atoms with Crippen LogP contribution in [-0.2, 0) is 0 Å². The molecule has 0 amide bonds. The molecule has 3 aromatic rings. The molecule has 0 spiro atoms. The second kappa shape index (κ2) is 6.82. The highest BCUT2D eigenvalue weighted by molar-refractivity contribution is 5.91. The molecule has 140 valence electrons. The van der Waals surface area contributed by atoms with Gasteiger partial charge in [-0.05, 0) is 44.2 Å². The summed E-state index contributed by atoms with van der Waals surface area (Å²) in [4.78, 5) is 12.0. The number of esters is 1. The van der Waals surface area contributed by atoms with Gasteiger partial charge in [-0.1, -0.05) is 0 Å². The Kier molecular flexibility index (Phi) is 4.69. The lowest BCUT2D eigenvalue weighted by Crippen LogP contribution is -2.14. The van der Waals surface area contributed by atoms with E-state index in [1.54, 1.807) is 11.6 Å². The number of aryl methyl sites for hydroxylation is 2. The summed E-state index contributed by atoms with van der Waals surface area (Å²) in [5, 5.41) is 4.26. The zero-order chi connectivity index (χ0) is 19.9. The van der Waals surface area contributed by atoms with Crippen LogP contribution in [0.25, 0.3) is 5.69 Å². The van der Waals surface area contributed by atoms with Crippen molar-refractivity contribution in [1.82, 2.24) is 9.78 Å². The molecule has 0 saturated heterocycles. The standard InChI is InChI=1S/C18H11F5N2O2/c1-8-7-9(2)25(24-8)11-5-3-10(4-6-11)18(26)27-17-15(22)13(20)12(19)14(21)16(17)23/h3-7H,1-2H3. The number of carbonyl (C=O) groups is 1. The summed E-state index contributed by atoms with van der Waals surface area (Å²) in [6, 6.07) is 7.38. The minimum atomic E-state index is -2.33. The average Bonchev–Trinajstić information content (AvgIpc) is 3.00. The molecule has 0 saturated carbocycles. The van der Waals surface area contributed by atoms with Crippen molar-refractivity contribution in [1.29, 1.82) is 0 Å². The monoisotopic (exact) mass is 382 g/mol. The quantitative estimate of drug-likeness (QED) is 0.222. The molecular formula is C18H11F5N2O2. The molecule has 0 aliphatic heterocycles. The molecule has 0 unspecified atom stereocenters. The van der Waals surface area contributed by atoms with Gasteiger partial charge in [-0.25, -0.2) is 22.6 Å². The maximum atomic E-state index is 13.6. The lowest BCUT2D eigenvalue weighted by Gasteiger charge is -2.09. The summed E-state index contributed by atoms with van der Waals surface area (Å²) in [7, 11) is 0. The normalized spacial score (nSPS) is 10.9. The number of nitrogens with zero attached hydrogens (tertiary/aromatic N) is 2. The first-order valence-corrected chi connectivity index (χ1v) is 7.58. The summed E-state index contributed by atoms with van der Waals surface area (Å²) < 4.78 is 72.6. The van der Waals surface area contributed by atoms with E-state index in [2.05, 4.69) is 9.84 Å². The van der Waals surface area contributed by atoms with Crippen LogP contribution in [0, 0.1) is 42.9 Å². The number of hydrogen-bond acceptors (Lipinski definition) is 3. The zero-order valence-electron chi connectivity index (χ0n) is 14.0. The zero-order valence-corrected chi connectivity index (χ0v) is 14.0. The van der Waals surface area contributed by atoms with Gasteiger partial charge in [0.15, 0.2) is 0 Å². The summed E-state index contributed by atoms with van der Waals surface area (Å²) in [5.41, 5.74) is 2.07. The molecule has 1 aromatic heterocycles. The molecule has 0 aliphatic carbocycles. The number of rotatable bonds is 3. The Morgan fingerprint density at radius 1 is 0.889 bits per heavy atom. The van der Waals surface area contributed by atoms with Crippen LogP contribution < -0.4 is 4.74 Å². The van der Waals surface area contributed by atoms with Gasteiger partial charge in [0.05, 0.1) is 16.9 Å². The largest absolute Gasteiger partial charge is 0.416 e. The fourth-order valence-electron chi connectivity index (χ4n) is 2.45. The van der Waals surface area contributed by atoms with Crippen LogP contribution in [0.5, 0.6) is 5.75 Å². The van der Waals surface area contributed by atoms with Crippen molar-refractivity contribution >= 4 is 5.97 Å². The lowest BCUT2D eigenvalue weighted by molar-refractivity contribution is 0.0716. The highest BCUT2D eigenvalue weighted by atomic mass is 19.2. The Balaban J connectivity index is 1.89. The first-order valence-electron chi connectivity index (χ1n) is 7.58. The van der Waals surface area contributed by atoms with Crippen LogP contribution in [-0.4, -0.2) is 15.7 Å². The fourth-order valence-corrected chi connectivity index (χ4v) is 2.45. The molecule has 3 rings (SSSR count). The topological polar surface area (TPSA) is 44.1 Å². The lowest BCUT2D eigenvalue weighted by atomic mass is 10.2. The number of ether oxygens (including phenoxy) is 1. The Bertz CT molecular complexity index is 1020. The summed E-state index contributed by atoms with van der Waals surface area (Å²) >= 11 is 0. The molecule has 1 heterocycles. The van der Waals surface area contributed by atoms with Gasteiger partial charge >= 0.3 is 5.97 Å². The molecule has 0 radical (unpaired) electrons. The highest BCUT2D eigenvalue weighted by Crippen LogP contribution is 2.29. The van der Waals surface area contributed by atoms with Crippen molar-refractivity contribution in [3.63, 3.8) is 0 Å². The number of carbonyl (C=O) groups excluding carboxylic acids is 1. The van der Waals surface area contributed by atoms with Gasteiger partial charge in [-0.2, -0.15) is 13.9 Å². The van der Waals surface area contributed by atoms with Crippen LogP contribution >= 0.6 is 0 Å². The summed E-state index contributed by atoms with van der Waals surface area (Å²) in [5.74, 6) is -14.1. The Hall–Kier alpha value is -3.23. The third-order valence-electron chi connectivity index (χ3n) is 3.72. The molecule has 9 heteroatoms.